The Bertz CT molecular complexity index is 942. The lowest BCUT2D eigenvalue weighted by Gasteiger charge is -2.13. The van der Waals surface area contributed by atoms with E-state index in [1.165, 1.54) is 13.0 Å². The minimum absolute atomic E-state index is 0.00735. The number of carbonyl (C=O) groups excluding carboxylic acids is 2. The van der Waals surface area contributed by atoms with Crippen LogP contribution in [0.5, 0.6) is 5.75 Å². The van der Waals surface area contributed by atoms with Crippen molar-refractivity contribution in [3.63, 3.8) is 0 Å². The standard InChI is InChI=1S/C20H17FN2O4/c1-3-27-18-10-17(23-20(26)15(11-22)12(2)24)16(21)9-14(18)19(25)13-7-5-4-6-8-13/h4-10,24H,3H2,1-2H3,(H,23,26)/b15-12-. The van der Waals surface area contributed by atoms with Crippen LogP contribution in [0.4, 0.5) is 10.1 Å². The third-order valence-corrected chi connectivity index (χ3v) is 3.60. The van der Waals surface area contributed by atoms with Crippen molar-refractivity contribution in [1.82, 2.24) is 0 Å². The zero-order chi connectivity index (χ0) is 20.0. The second kappa shape index (κ2) is 8.63. The molecule has 0 saturated carbocycles. The number of hydrogen-bond donors (Lipinski definition) is 2. The molecule has 2 aromatic rings. The smallest absolute Gasteiger partial charge is 0.269 e. The summed E-state index contributed by atoms with van der Waals surface area (Å²) in [7, 11) is 0. The summed E-state index contributed by atoms with van der Waals surface area (Å²) < 4.78 is 19.9. The molecule has 0 fully saturated rings. The van der Waals surface area contributed by atoms with E-state index in [-0.39, 0.29) is 23.6 Å². The van der Waals surface area contributed by atoms with Crippen molar-refractivity contribution in [1.29, 1.82) is 5.26 Å². The summed E-state index contributed by atoms with van der Waals surface area (Å²) in [6, 6.07) is 12.0. The van der Waals surface area contributed by atoms with Crippen molar-refractivity contribution in [3.8, 4) is 11.8 Å². The van der Waals surface area contributed by atoms with Crippen LogP contribution in [0.2, 0.25) is 0 Å². The Kier molecular flexibility index (Phi) is 6.28. The Balaban J connectivity index is 2.45. The van der Waals surface area contributed by atoms with E-state index in [1.807, 2.05) is 0 Å². The van der Waals surface area contributed by atoms with E-state index in [2.05, 4.69) is 5.32 Å². The van der Waals surface area contributed by atoms with Crippen LogP contribution in [0.1, 0.15) is 29.8 Å². The monoisotopic (exact) mass is 368 g/mol. The summed E-state index contributed by atoms with van der Waals surface area (Å²) >= 11 is 0. The Morgan fingerprint density at radius 2 is 1.93 bits per heavy atom. The van der Waals surface area contributed by atoms with Gasteiger partial charge in [0.2, 0.25) is 0 Å². The molecule has 0 unspecified atom stereocenters. The quantitative estimate of drug-likeness (QED) is 0.350. The summed E-state index contributed by atoms with van der Waals surface area (Å²) in [4.78, 5) is 24.7. The van der Waals surface area contributed by atoms with Gasteiger partial charge in [-0.1, -0.05) is 30.3 Å². The number of ether oxygens (including phenoxy) is 1. The lowest BCUT2D eigenvalue weighted by atomic mass is 10.0. The van der Waals surface area contributed by atoms with E-state index in [4.69, 9.17) is 10.00 Å². The largest absolute Gasteiger partial charge is 0.511 e. The van der Waals surface area contributed by atoms with Crippen molar-refractivity contribution in [3.05, 3.63) is 70.7 Å². The summed E-state index contributed by atoms with van der Waals surface area (Å²) in [5, 5.41) is 20.5. The molecule has 2 rings (SSSR count). The number of nitriles is 1. The molecular weight excluding hydrogens is 351 g/mol. The molecule has 0 aliphatic rings. The van der Waals surface area contributed by atoms with Crippen molar-refractivity contribution >= 4 is 17.4 Å². The molecule has 0 aromatic heterocycles. The highest BCUT2D eigenvalue weighted by molar-refractivity contribution is 6.11. The van der Waals surface area contributed by atoms with Gasteiger partial charge in [-0.2, -0.15) is 5.26 Å². The van der Waals surface area contributed by atoms with Crippen LogP contribution in [0.25, 0.3) is 0 Å². The number of nitrogens with one attached hydrogen (secondary N) is 1. The van der Waals surface area contributed by atoms with E-state index in [1.54, 1.807) is 43.3 Å². The maximum Gasteiger partial charge on any atom is 0.269 e. The van der Waals surface area contributed by atoms with Gasteiger partial charge < -0.3 is 15.2 Å². The number of hydrogen-bond acceptors (Lipinski definition) is 5. The maximum absolute atomic E-state index is 14.5. The predicted molar refractivity (Wildman–Crippen MR) is 97.0 cm³/mol. The molecule has 6 nitrogen and oxygen atoms in total. The molecule has 0 bridgehead atoms. The Labute approximate surface area is 155 Å². The first-order valence-corrected chi connectivity index (χ1v) is 8.06. The van der Waals surface area contributed by atoms with E-state index in [0.717, 1.165) is 6.07 Å². The zero-order valence-corrected chi connectivity index (χ0v) is 14.7. The number of carbonyl (C=O) groups is 2. The van der Waals surface area contributed by atoms with Crippen LogP contribution in [0.15, 0.2) is 53.8 Å². The third-order valence-electron chi connectivity index (χ3n) is 3.60. The molecule has 2 N–H and O–H groups in total. The van der Waals surface area contributed by atoms with Gasteiger partial charge in [-0.05, 0) is 19.9 Å². The van der Waals surface area contributed by atoms with Gasteiger partial charge in [0.05, 0.1) is 17.9 Å². The summed E-state index contributed by atoms with van der Waals surface area (Å²) in [5.41, 5.74) is -0.452. The molecule has 0 spiro atoms. The number of aliphatic hydroxyl groups excluding tert-OH is 1. The van der Waals surface area contributed by atoms with Gasteiger partial charge in [0, 0.05) is 11.6 Å². The molecule has 1 amide bonds. The molecule has 0 aliphatic carbocycles. The average molecular weight is 368 g/mol. The normalized spacial score (nSPS) is 11.2. The van der Waals surface area contributed by atoms with E-state index < -0.39 is 28.8 Å². The number of ketones is 1. The van der Waals surface area contributed by atoms with E-state index in [0.29, 0.717) is 5.56 Å². The minimum Gasteiger partial charge on any atom is -0.511 e. The lowest BCUT2D eigenvalue weighted by Crippen LogP contribution is -2.17. The molecule has 138 valence electrons. The number of anilines is 1. The van der Waals surface area contributed by atoms with Gasteiger partial charge in [-0.15, -0.1) is 0 Å². The Morgan fingerprint density at radius 1 is 1.26 bits per heavy atom. The number of allylic oxidation sites excluding steroid dienone is 1. The fraction of sp³-hybridized carbons (Fsp3) is 0.150. The number of amides is 1. The molecule has 0 heterocycles. The predicted octanol–water partition coefficient (Wildman–Crippen LogP) is 3.75. The highest BCUT2D eigenvalue weighted by atomic mass is 19.1. The summed E-state index contributed by atoms with van der Waals surface area (Å²) in [6.45, 7) is 3.08. The molecule has 2 aromatic carbocycles. The molecule has 0 radical (unpaired) electrons. The first-order chi connectivity index (χ1) is 12.9. The fourth-order valence-corrected chi connectivity index (χ4v) is 2.33. The van der Waals surface area contributed by atoms with Gasteiger partial charge >= 0.3 is 0 Å². The zero-order valence-electron chi connectivity index (χ0n) is 14.7. The molecular formula is C20H17FN2O4. The van der Waals surface area contributed by atoms with E-state index >= 15 is 0 Å². The van der Waals surface area contributed by atoms with Crippen LogP contribution in [-0.4, -0.2) is 23.4 Å². The number of rotatable bonds is 6. The van der Waals surface area contributed by atoms with Crippen LogP contribution in [-0.2, 0) is 4.79 Å². The second-order valence-corrected chi connectivity index (χ2v) is 5.48. The van der Waals surface area contributed by atoms with E-state index in [9.17, 15) is 19.1 Å². The molecule has 0 atom stereocenters. The molecule has 0 aliphatic heterocycles. The number of nitrogens with zero attached hydrogens (tertiary/aromatic N) is 1. The van der Waals surface area contributed by atoms with Crippen molar-refractivity contribution in [2.24, 2.45) is 0 Å². The number of halogens is 1. The topological polar surface area (TPSA) is 99.4 Å². The number of benzene rings is 2. The SMILES string of the molecule is CCOc1cc(NC(=O)/C(C#N)=C(/C)O)c(F)cc1C(=O)c1ccccc1. The first-order valence-electron chi connectivity index (χ1n) is 8.06. The summed E-state index contributed by atoms with van der Waals surface area (Å²) in [5.74, 6) is -2.68. The average Bonchev–Trinajstić information content (AvgIpc) is 2.64. The lowest BCUT2D eigenvalue weighted by molar-refractivity contribution is -0.112. The van der Waals surface area contributed by atoms with Gasteiger partial charge in [-0.25, -0.2) is 4.39 Å². The van der Waals surface area contributed by atoms with Crippen molar-refractivity contribution in [2.45, 2.75) is 13.8 Å². The molecule has 0 saturated heterocycles. The van der Waals surface area contributed by atoms with Crippen molar-refractivity contribution < 1.29 is 23.8 Å². The maximum atomic E-state index is 14.5. The second-order valence-electron chi connectivity index (χ2n) is 5.48. The van der Waals surface area contributed by atoms with Gasteiger partial charge in [0.1, 0.15) is 23.4 Å². The van der Waals surface area contributed by atoms with Gasteiger partial charge in [0.25, 0.3) is 5.91 Å². The highest BCUT2D eigenvalue weighted by Crippen LogP contribution is 2.29. The number of aliphatic hydroxyl groups is 1. The minimum atomic E-state index is -0.971. The van der Waals surface area contributed by atoms with Gasteiger partial charge in [0.15, 0.2) is 11.4 Å². The van der Waals surface area contributed by atoms with Gasteiger partial charge in [-0.3, -0.25) is 9.59 Å². The van der Waals surface area contributed by atoms with Crippen LogP contribution in [0.3, 0.4) is 0 Å². The first kappa shape index (κ1) is 19.7. The third kappa shape index (κ3) is 4.50. The molecule has 27 heavy (non-hydrogen) atoms. The van der Waals surface area contributed by atoms with Crippen molar-refractivity contribution in [2.75, 3.05) is 11.9 Å². The Hall–Kier alpha value is -3.66. The van der Waals surface area contributed by atoms with Crippen LogP contribution < -0.4 is 10.1 Å². The summed E-state index contributed by atoms with van der Waals surface area (Å²) in [6.07, 6.45) is 0. The Morgan fingerprint density at radius 3 is 2.48 bits per heavy atom. The van der Waals surface area contributed by atoms with Crippen LogP contribution >= 0.6 is 0 Å². The van der Waals surface area contributed by atoms with Crippen LogP contribution in [0, 0.1) is 17.1 Å². The fourth-order valence-electron chi connectivity index (χ4n) is 2.33. The highest BCUT2D eigenvalue weighted by Gasteiger charge is 2.21. The molecule has 7 heteroatoms.